The van der Waals surface area contributed by atoms with Crippen molar-refractivity contribution in [2.75, 3.05) is 30.3 Å². The highest BCUT2D eigenvalue weighted by Gasteiger charge is 2.23. The molecule has 3 nitrogen and oxygen atoms in total. The van der Waals surface area contributed by atoms with E-state index in [-0.39, 0.29) is 0 Å². The van der Waals surface area contributed by atoms with Gasteiger partial charge < -0.3 is 10.2 Å². The first kappa shape index (κ1) is 16.6. The predicted molar refractivity (Wildman–Crippen MR) is 94.3 cm³/mol. The summed E-state index contributed by atoms with van der Waals surface area (Å²) in [5.74, 6) is 1.20. The van der Waals surface area contributed by atoms with Gasteiger partial charge in [0.05, 0.1) is 17.6 Å². The summed E-state index contributed by atoms with van der Waals surface area (Å²) in [5, 5.41) is 3.49. The van der Waals surface area contributed by atoms with Crippen LogP contribution in [0.25, 0.3) is 0 Å². The summed E-state index contributed by atoms with van der Waals surface area (Å²) in [6.45, 7) is 12.4. The molecule has 0 aromatic carbocycles. The van der Waals surface area contributed by atoms with Crippen molar-refractivity contribution >= 4 is 17.4 Å². The largest absolute Gasteiger partial charge is 0.369 e. The van der Waals surface area contributed by atoms with E-state index in [1.165, 1.54) is 17.9 Å². The second-order valence-electron chi connectivity index (χ2n) is 6.46. The van der Waals surface area contributed by atoms with E-state index in [1.807, 2.05) is 6.20 Å². The average Bonchev–Trinajstić information content (AvgIpc) is 2.66. The van der Waals surface area contributed by atoms with Crippen LogP contribution in [0.3, 0.4) is 0 Å². The molecule has 0 aliphatic carbocycles. The fourth-order valence-corrected chi connectivity index (χ4v) is 3.68. The zero-order valence-corrected chi connectivity index (χ0v) is 14.7. The lowest BCUT2D eigenvalue weighted by atomic mass is 10.1. The molecule has 1 aliphatic rings. The number of pyridine rings is 1. The number of hydrogen-bond acceptors (Lipinski definition) is 4. The van der Waals surface area contributed by atoms with Crippen LogP contribution in [0.15, 0.2) is 18.3 Å². The van der Waals surface area contributed by atoms with Gasteiger partial charge in [-0.25, -0.2) is 0 Å². The predicted octanol–water partition coefficient (Wildman–Crippen LogP) is 3.86. The van der Waals surface area contributed by atoms with Crippen LogP contribution in [0.2, 0.25) is 0 Å². The van der Waals surface area contributed by atoms with Gasteiger partial charge >= 0.3 is 0 Å². The van der Waals surface area contributed by atoms with Gasteiger partial charge in [0, 0.05) is 29.6 Å². The minimum Gasteiger partial charge on any atom is -0.369 e. The smallest absolute Gasteiger partial charge is 0.0572 e. The van der Waals surface area contributed by atoms with E-state index in [4.69, 9.17) is 0 Å². The van der Waals surface area contributed by atoms with Crippen molar-refractivity contribution in [3.63, 3.8) is 0 Å². The molecule has 0 saturated carbocycles. The molecular weight excluding hydrogens is 278 g/mol. The van der Waals surface area contributed by atoms with Crippen molar-refractivity contribution < 1.29 is 0 Å². The molecule has 1 N–H and O–H groups in total. The molecule has 1 saturated heterocycles. The quantitative estimate of drug-likeness (QED) is 0.894. The van der Waals surface area contributed by atoms with Crippen molar-refractivity contribution in [2.24, 2.45) is 0 Å². The fraction of sp³-hybridized carbons (Fsp3) is 0.706. The lowest BCUT2D eigenvalue weighted by molar-refractivity contribution is 0.558. The van der Waals surface area contributed by atoms with Gasteiger partial charge in [-0.3, -0.25) is 4.98 Å². The van der Waals surface area contributed by atoms with Crippen LogP contribution in [0, 0.1) is 0 Å². The summed E-state index contributed by atoms with van der Waals surface area (Å²) >= 11 is 2.08. The molecule has 2 rings (SSSR count). The van der Waals surface area contributed by atoms with Crippen molar-refractivity contribution in [1.29, 1.82) is 0 Å². The van der Waals surface area contributed by atoms with E-state index in [0.29, 0.717) is 10.8 Å². The van der Waals surface area contributed by atoms with Crippen LogP contribution in [0.5, 0.6) is 0 Å². The van der Waals surface area contributed by atoms with Crippen molar-refractivity contribution in [2.45, 2.75) is 51.3 Å². The SMILES string of the molecule is CCCNC(C)c1ccc(N2CCSC(C)(C)CC2)cn1. The maximum absolute atomic E-state index is 4.66. The Morgan fingerprint density at radius 2 is 2.19 bits per heavy atom. The highest BCUT2D eigenvalue weighted by Crippen LogP contribution is 2.32. The molecule has 1 unspecified atom stereocenters. The maximum atomic E-state index is 4.66. The van der Waals surface area contributed by atoms with Gasteiger partial charge in [0.2, 0.25) is 0 Å². The van der Waals surface area contributed by atoms with E-state index in [2.05, 4.69) is 66.8 Å². The van der Waals surface area contributed by atoms with E-state index >= 15 is 0 Å². The van der Waals surface area contributed by atoms with Crippen LogP contribution in [0.1, 0.15) is 52.3 Å². The number of rotatable bonds is 5. The molecule has 1 aliphatic heterocycles. The first-order chi connectivity index (χ1) is 10.0. The van der Waals surface area contributed by atoms with E-state index in [1.54, 1.807) is 0 Å². The molecule has 0 spiro atoms. The van der Waals surface area contributed by atoms with Gasteiger partial charge in [0.25, 0.3) is 0 Å². The first-order valence-electron chi connectivity index (χ1n) is 8.10. The molecule has 0 radical (unpaired) electrons. The van der Waals surface area contributed by atoms with Crippen LogP contribution < -0.4 is 10.2 Å². The van der Waals surface area contributed by atoms with Gasteiger partial charge in [-0.15, -0.1) is 0 Å². The minimum atomic E-state index is 0.331. The Morgan fingerprint density at radius 3 is 2.86 bits per heavy atom. The molecule has 4 heteroatoms. The number of aromatic nitrogens is 1. The Morgan fingerprint density at radius 1 is 1.38 bits per heavy atom. The number of thioether (sulfide) groups is 1. The van der Waals surface area contributed by atoms with E-state index in [0.717, 1.165) is 31.7 Å². The Hall–Kier alpha value is -0.740. The molecule has 1 fully saturated rings. The number of nitrogens with one attached hydrogen (secondary N) is 1. The molecule has 1 atom stereocenters. The highest BCUT2D eigenvalue weighted by molar-refractivity contribution is 8.00. The Balaban J connectivity index is 1.98. The van der Waals surface area contributed by atoms with Crippen LogP contribution >= 0.6 is 11.8 Å². The summed E-state index contributed by atoms with van der Waals surface area (Å²) in [6.07, 6.45) is 4.43. The molecule has 1 aromatic heterocycles. The monoisotopic (exact) mass is 307 g/mol. The van der Waals surface area contributed by atoms with Gasteiger partial charge in [-0.05, 0) is 38.4 Å². The average molecular weight is 308 g/mol. The Labute approximate surface area is 133 Å². The second-order valence-corrected chi connectivity index (χ2v) is 8.26. The topological polar surface area (TPSA) is 28.2 Å². The van der Waals surface area contributed by atoms with Crippen LogP contribution in [0.4, 0.5) is 5.69 Å². The van der Waals surface area contributed by atoms with Crippen LogP contribution in [-0.4, -0.2) is 35.1 Å². The molecular formula is C17H29N3S. The first-order valence-corrected chi connectivity index (χ1v) is 9.08. The molecule has 2 heterocycles. The number of anilines is 1. The highest BCUT2D eigenvalue weighted by atomic mass is 32.2. The maximum Gasteiger partial charge on any atom is 0.0572 e. The zero-order chi connectivity index (χ0) is 15.3. The van der Waals surface area contributed by atoms with Gasteiger partial charge in [0.15, 0.2) is 0 Å². The van der Waals surface area contributed by atoms with Gasteiger partial charge in [-0.1, -0.05) is 20.8 Å². The standard InChI is InChI=1S/C17H29N3S/c1-5-9-18-14(2)16-7-6-15(13-19-16)20-10-8-17(3,4)21-12-11-20/h6-7,13-14,18H,5,8-12H2,1-4H3. The summed E-state index contributed by atoms with van der Waals surface area (Å²) in [7, 11) is 0. The number of hydrogen-bond donors (Lipinski definition) is 1. The third-order valence-electron chi connectivity index (χ3n) is 4.12. The third-order valence-corrected chi connectivity index (χ3v) is 5.49. The summed E-state index contributed by atoms with van der Waals surface area (Å²) in [5.41, 5.74) is 2.40. The van der Waals surface area contributed by atoms with Gasteiger partial charge in [-0.2, -0.15) is 11.8 Å². The molecule has 0 amide bonds. The number of nitrogens with zero attached hydrogens (tertiary/aromatic N) is 2. The zero-order valence-electron chi connectivity index (χ0n) is 13.9. The molecule has 21 heavy (non-hydrogen) atoms. The fourth-order valence-electron chi connectivity index (χ4n) is 2.58. The molecule has 1 aromatic rings. The molecule has 0 bridgehead atoms. The van der Waals surface area contributed by atoms with E-state index < -0.39 is 0 Å². The van der Waals surface area contributed by atoms with E-state index in [9.17, 15) is 0 Å². The Kier molecular flexibility index (Phi) is 5.94. The lowest BCUT2D eigenvalue weighted by Gasteiger charge is -2.24. The Bertz CT molecular complexity index is 430. The third kappa shape index (κ3) is 4.89. The van der Waals surface area contributed by atoms with Crippen molar-refractivity contribution in [3.8, 4) is 0 Å². The van der Waals surface area contributed by atoms with Crippen molar-refractivity contribution in [3.05, 3.63) is 24.0 Å². The second kappa shape index (κ2) is 7.50. The summed E-state index contributed by atoms with van der Waals surface area (Å²) in [6, 6.07) is 4.74. The van der Waals surface area contributed by atoms with Gasteiger partial charge in [0.1, 0.15) is 0 Å². The lowest BCUT2D eigenvalue weighted by Crippen LogP contribution is -2.27. The summed E-state index contributed by atoms with van der Waals surface area (Å²) in [4.78, 5) is 7.14. The summed E-state index contributed by atoms with van der Waals surface area (Å²) < 4.78 is 0.403. The normalized spacial score (nSPS) is 20.1. The molecule has 118 valence electrons. The minimum absolute atomic E-state index is 0.331. The van der Waals surface area contributed by atoms with Crippen LogP contribution in [-0.2, 0) is 0 Å². The van der Waals surface area contributed by atoms with Crippen molar-refractivity contribution in [1.82, 2.24) is 10.3 Å².